The molecule has 2 aromatic heterocycles. The Bertz CT molecular complexity index is 644. The maximum atomic E-state index is 12.5. The third-order valence-corrected chi connectivity index (χ3v) is 6.38. The molecule has 1 aliphatic heterocycles. The zero-order valence-corrected chi connectivity index (χ0v) is 17.3. The average molecular weight is 459 g/mol. The highest BCUT2D eigenvalue weighted by Gasteiger charge is 2.24. The summed E-state index contributed by atoms with van der Waals surface area (Å²) in [5.74, 6) is 0.0278. The van der Waals surface area contributed by atoms with Crippen molar-refractivity contribution in [3.8, 4) is 9.88 Å². The fourth-order valence-electron chi connectivity index (χ4n) is 2.45. The average Bonchev–Trinajstić information content (AvgIpc) is 3.15. The van der Waals surface area contributed by atoms with Gasteiger partial charge < -0.3 is 10.2 Å². The van der Waals surface area contributed by atoms with Gasteiger partial charge in [-0.25, -0.2) is 4.98 Å². The molecule has 1 saturated heterocycles. The standard InChI is InChI=1S/C14H16BrN3OS2.2ClH/c1-18(10-2-4-16-5-3-10)14(19)11-8-21-13(17-11)12-6-9(15)7-20-12;;/h6-8,10,16H,2-5H2,1H3;2*1H. The summed E-state index contributed by atoms with van der Waals surface area (Å²) in [4.78, 5) is 20.0. The number of hydrogen-bond acceptors (Lipinski definition) is 5. The van der Waals surface area contributed by atoms with Gasteiger partial charge in [0.1, 0.15) is 10.7 Å². The molecule has 128 valence electrons. The molecule has 1 N–H and O–H groups in total. The van der Waals surface area contributed by atoms with Crippen LogP contribution in [0.3, 0.4) is 0 Å². The molecule has 0 radical (unpaired) electrons. The fourth-order valence-corrected chi connectivity index (χ4v) is 4.75. The number of rotatable bonds is 3. The smallest absolute Gasteiger partial charge is 0.273 e. The minimum atomic E-state index is 0. The van der Waals surface area contributed by atoms with Crippen LogP contribution in [0.5, 0.6) is 0 Å². The van der Waals surface area contributed by atoms with Gasteiger partial charge in [0.2, 0.25) is 0 Å². The number of amides is 1. The van der Waals surface area contributed by atoms with Gasteiger partial charge in [0.25, 0.3) is 5.91 Å². The number of hydrogen-bond donors (Lipinski definition) is 1. The van der Waals surface area contributed by atoms with Crippen molar-refractivity contribution in [1.29, 1.82) is 0 Å². The highest BCUT2D eigenvalue weighted by molar-refractivity contribution is 9.10. The molecule has 1 aliphatic rings. The first-order valence-electron chi connectivity index (χ1n) is 6.83. The monoisotopic (exact) mass is 457 g/mol. The van der Waals surface area contributed by atoms with Gasteiger partial charge >= 0.3 is 0 Å². The lowest BCUT2D eigenvalue weighted by Gasteiger charge is -2.31. The Kier molecular flexibility index (Phi) is 8.47. The first kappa shape index (κ1) is 20.9. The summed E-state index contributed by atoms with van der Waals surface area (Å²) in [5, 5.41) is 8.12. The van der Waals surface area contributed by atoms with E-state index < -0.39 is 0 Å². The molecule has 0 spiro atoms. The van der Waals surface area contributed by atoms with Gasteiger partial charge in [-0.2, -0.15) is 0 Å². The molecule has 23 heavy (non-hydrogen) atoms. The number of thiazole rings is 1. The van der Waals surface area contributed by atoms with E-state index in [2.05, 4.69) is 26.2 Å². The van der Waals surface area contributed by atoms with Crippen LogP contribution >= 0.6 is 63.4 Å². The maximum absolute atomic E-state index is 12.5. The van der Waals surface area contributed by atoms with Gasteiger partial charge in [-0.05, 0) is 47.9 Å². The highest BCUT2D eigenvalue weighted by atomic mass is 79.9. The second-order valence-corrected chi connectivity index (χ2v) is 7.75. The van der Waals surface area contributed by atoms with E-state index in [0.29, 0.717) is 11.7 Å². The van der Waals surface area contributed by atoms with Crippen LogP contribution in [0.15, 0.2) is 21.3 Å². The zero-order chi connectivity index (χ0) is 14.8. The van der Waals surface area contributed by atoms with Crippen molar-refractivity contribution in [2.75, 3.05) is 20.1 Å². The lowest BCUT2D eigenvalue weighted by atomic mass is 10.1. The molecule has 9 heteroatoms. The minimum Gasteiger partial charge on any atom is -0.337 e. The highest BCUT2D eigenvalue weighted by Crippen LogP contribution is 2.32. The second kappa shape index (κ2) is 9.34. The van der Waals surface area contributed by atoms with Crippen molar-refractivity contribution in [3.63, 3.8) is 0 Å². The molecule has 0 atom stereocenters. The first-order valence-corrected chi connectivity index (χ1v) is 9.38. The molecule has 4 nitrogen and oxygen atoms in total. The number of halogens is 3. The molecule has 0 aromatic carbocycles. The van der Waals surface area contributed by atoms with E-state index in [0.717, 1.165) is 40.3 Å². The van der Waals surface area contributed by atoms with E-state index in [1.54, 1.807) is 11.3 Å². The van der Waals surface area contributed by atoms with E-state index in [9.17, 15) is 4.79 Å². The molecule has 3 heterocycles. The summed E-state index contributed by atoms with van der Waals surface area (Å²) < 4.78 is 1.05. The molecule has 0 unspecified atom stereocenters. The van der Waals surface area contributed by atoms with Gasteiger partial charge in [0, 0.05) is 28.3 Å². The fraction of sp³-hybridized carbons (Fsp3) is 0.429. The van der Waals surface area contributed by atoms with Crippen LogP contribution < -0.4 is 5.32 Å². The van der Waals surface area contributed by atoms with Crippen molar-refractivity contribution in [3.05, 3.63) is 27.0 Å². The molecule has 1 amide bonds. The molecule has 3 rings (SSSR count). The van der Waals surface area contributed by atoms with E-state index in [1.807, 2.05) is 28.8 Å². The zero-order valence-electron chi connectivity index (χ0n) is 12.5. The summed E-state index contributed by atoms with van der Waals surface area (Å²) in [5.41, 5.74) is 0.556. The molecule has 0 aliphatic carbocycles. The molecule has 0 saturated carbocycles. The largest absolute Gasteiger partial charge is 0.337 e. The Morgan fingerprint density at radius 2 is 2.00 bits per heavy atom. The van der Waals surface area contributed by atoms with Crippen LogP contribution in [-0.2, 0) is 0 Å². The molecule has 0 bridgehead atoms. The van der Waals surface area contributed by atoms with Gasteiger partial charge in [-0.1, -0.05) is 0 Å². The van der Waals surface area contributed by atoms with Gasteiger partial charge in [-0.3, -0.25) is 4.79 Å². The van der Waals surface area contributed by atoms with E-state index in [1.165, 1.54) is 11.3 Å². The number of aromatic nitrogens is 1. The molecule has 2 aromatic rings. The van der Waals surface area contributed by atoms with Gasteiger partial charge in [0.05, 0.1) is 4.88 Å². The van der Waals surface area contributed by atoms with Crippen molar-refractivity contribution in [2.45, 2.75) is 18.9 Å². The summed E-state index contributed by atoms with van der Waals surface area (Å²) in [6.07, 6.45) is 2.02. The Morgan fingerprint density at radius 1 is 1.30 bits per heavy atom. The Balaban J connectivity index is 0.00000132. The van der Waals surface area contributed by atoms with Crippen molar-refractivity contribution < 1.29 is 4.79 Å². The molecular weight excluding hydrogens is 441 g/mol. The minimum absolute atomic E-state index is 0. The SMILES string of the molecule is CN(C(=O)c1csc(-c2cc(Br)cs2)n1)C1CCNCC1.Cl.Cl. The van der Waals surface area contributed by atoms with Crippen LogP contribution in [0.2, 0.25) is 0 Å². The number of nitrogens with one attached hydrogen (secondary N) is 1. The predicted molar refractivity (Wildman–Crippen MR) is 106 cm³/mol. The molecular formula is C14H18BrCl2N3OS2. The summed E-state index contributed by atoms with van der Waals surface area (Å²) in [7, 11) is 1.89. The third kappa shape index (κ3) is 4.90. The number of carbonyl (C=O) groups is 1. The van der Waals surface area contributed by atoms with Crippen molar-refractivity contribution in [2.24, 2.45) is 0 Å². The summed E-state index contributed by atoms with van der Waals surface area (Å²) >= 11 is 6.61. The summed E-state index contributed by atoms with van der Waals surface area (Å²) in [6, 6.07) is 2.36. The number of thiophene rings is 1. The lowest BCUT2D eigenvalue weighted by Crippen LogP contribution is -2.44. The van der Waals surface area contributed by atoms with E-state index in [4.69, 9.17) is 0 Å². The van der Waals surface area contributed by atoms with Crippen molar-refractivity contribution in [1.82, 2.24) is 15.2 Å². The number of carbonyl (C=O) groups excluding carboxylic acids is 1. The number of piperidine rings is 1. The Labute approximate surface area is 164 Å². The van der Waals surface area contributed by atoms with Gasteiger partial charge in [-0.15, -0.1) is 47.5 Å². The second-order valence-electron chi connectivity index (χ2n) is 5.06. The Hall–Kier alpha value is -0.180. The van der Waals surface area contributed by atoms with Gasteiger partial charge in [0.15, 0.2) is 0 Å². The maximum Gasteiger partial charge on any atom is 0.273 e. The molecule has 1 fully saturated rings. The normalized spacial score (nSPS) is 14.7. The van der Waals surface area contributed by atoms with Crippen LogP contribution in [0.1, 0.15) is 23.3 Å². The van der Waals surface area contributed by atoms with Crippen LogP contribution in [0, 0.1) is 0 Å². The quantitative estimate of drug-likeness (QED) is 0.745. The summed E-state index contributed by atoms with van der Waals surface area (Å²) in [6.45, 7) is 1.96. The van der Waals surface area contributed by atoms with Crippen LogP contribution in [0.25, 0.3) is 9.88 Å². The van der Waals surface area contributed by atoms with Crippen LogP contribution in [-0.4, -0.2) is 42.0 Å². The van der Waals surface area contributed by atoms with Crippen LogP contribution in [0.4, 0.5) is 0 Å². The lowest BCUT2D eigenvalue weighted by molar-refractivity contribution is 0.0698. The van der Waals surface area contributed by atoms with E-state index in [-0.39, 0.29) is 30.7 Å². The predicted octanol–water partition coefficient (Wildman–Crippen LogP) is 4.30. The third-order valence-electron chi connectivity index (χ3n) is 3.68. The topological polar surface area (TPSA) is 45.2 Å². The number of nitrogens with zero attached hydrogens (tertiary/aromatic N) is 2. The van der Waals surface area contributed by atoms with E-state index >= 15 is 0 Å². The Morgan fingerprint density at radius 3 is 2.61 bits per heavy atom. The first-order chi connectivity index (χ1) is 10.1. The van der Waals surface area contributed by atoms with Crippen molar-refractivity contribution >= 4 is 69.3 Å².